The lowest BCUT2D eigenvalue weighted by atomic mass is 9.96. The van der Waals surface area contributed by atoms with Crippen molar-refractivity contribution in [2.75, 3.05) is 24.3 Å². The first-order valence-corrected chi connectivity index (χ1v) is 10.8. The van der Waals surface area contributed by atoms with Crippen molar-refractivity contribution in [1.29, 1.82) is 0 Å². The Kier molecular flexibility index (Phi) is 6.21. The summed E-state index contributed by atoms with van der Waals surface area (Å²) in [7, 11) is 1.62. The lowest BCUT2D eigenvalue weighted by Gasteiger charge is -2.15. The Morgan fingerprint density at radius 2 is 2.11 bits per heavy atom. The van der Waals surface area contributed by atoms with Gasteiger partial charge in [0.2, 0.25) is 5.91 Å². The molecular weight excluding hydrogens is 416 g/mol. The van der Waals surface area contributed by atoms with Gasteiger partial charge in [0.05, 0.1) is 30.3 Å². The summed E-state index contributed by atoms with van der Waals surface area (Å²) >= 11 is 9.24. The van der Waals surface area contributed by atoms with Crippen molar-refractivity contribution in [1.82, 2.24) is 4.98 Å². The van der Waals surface area contributed by atoms with E-state index in [1.54, 1.807) is 24.9 Å². The Balaban J connectivity index is 1.69. The van der Waals surface area contributed by atoms with E-state index in [-0.39, 0.29) is 11.2 Å². The highest BCUT2D eigenvalue weighted by atomic mass is 35.5. The standard InChI is InChI=1S/C19H23ClN4O2S2/c1-10-15(28-18(22-10)24-16(25)19(2,3)4)14-9-21-17(27-14)23-12-8-11(20)6-7-13(12)26-5/h6-8,14H,9H2,1-5H3,(H,21,23)(H,22,24,25). The number of benzene rings is 1. The lowest BCUT2D eigenvalue weighted by molar-refractivity contribution is -0.123. The Morgan fingerprint density at radius 3 is 2.79 bits per heavy atom. The van der Waals surface area contributed by atoms with Gasteiger partial charge in [0.25, 0.3) is 0 Å². The maximum absolute atomic E-state index is 12.2. The number of hydrogen-bond acceptors (Lipinski definition) is 7. The maximum Gasteiger partial charge on any atom is 0.231 e. The number of ether oxygens (including phenoxy) is 1. The van der Waals surface area contributed by atoms with Gasteiger partial charge >= 0.3 is 0 Å². The first-order valence-electron chi connectivity index (χ1n) is 8.78. The fourth-order valence-electron chi connectivity index (χ4n) is 2.52. The zero-order valence-corrected chi connectivity index (χ0v) is 18.8. The van der Waals surface area contributed by atoms with E-state index in [2.05, 4.69) is 20.6 Å². The molecule has 0 aliphatic carbocycles. The van der Waals surface area contributed by atoms with E-state index in [1.807, 2.05) is 39.8 Å². The predicted molar refractivity (Wildman–Crippen MR) is 119 cm³/mol. The Labute approximate surface area is 178 Å². The van der Waals surface area contributed by atoms with Crippen LogP contribution in [0.1, 0.15) is 36.6 Å². The number of anilines is 2. The highest BCUT2D eigenvalue weighted by Gasteiger charge is 2.28. The molecular formula is C19H23ClN4O2S2. The van der Waals surface area contributed by atoms with Crippen molar-refractivity contribution < 1.29 is 9.53 Å². The summed E-state index contributed by atoms with van der Waals surface area (Å²) in [6, 6.07) is 5.42. The molecule has 1 unspecified atom stereocenters. The second-order valence-corrected chi connectivity index (χ2v) is 10.1. The molecule has 2 aromatic rings. The predicted octanol–water partition coefficient (Wildman–Crippen LogP) is 5.35. The van der Waals surface area contributed by atoms with Crippen molar-refractivity contribution in [3.05, 3.63) is 33.8 Å². The van der Waals surface area contributed by atoms with Crippen LogP contribution in [0, 0.1) is 12.3 Å². The van der Waals surface area contributed by atoms with E-state index in [0.717, 1.165) is 21.4 Å². The minimum atomic E-state index is -0.460. The molecule has 2 heterocycles. The summed E-state index contributed by atoms with van der Waals surface area (Å²) in [6.45, 7) is 8.25. The Morgan fingerprint density at radius 1 is 1.36 bits per heavy atom. The van der Waals surface area contributed by atoms with Crippen molar-refractivity contribution in [3.8, 4) is 5.75 Å². The molecule has 1 aliphatic heterocycles. The van der Waals surface area contributed by atoms with Crippen molar-refractivity contribution in [2.45, 2.75) is 32.9 Å². The second-order valence-electron chi connectivity index (χ2n) is 7.39. The van der Waals surface area contributed by atoms with Crippen molar-refractivity contribution in [3.63, 3.8) is 0 Å². The maximum atomic E-state index is 12.2. The van der Waals surface area contributed by atoms with Gasteiger partial charge in [-0.15, -0.1) is 11.3 Å². The number of rotatable bonds is 4. The fourth-order valence-corrected chi connectivity index (χ4v) is 4.93. The zero-order valence-electron chi connectivity index (χ0n) is 16.4. The monoisotopic (exact) mass is 438 g/mol. The minimum Gasteiger partial charge on any atom is -0.495 e. The molecule has 1 aromatic carbocycles. The smallest absolute Gasteiger partial charge is 0.231 e. The number of thioether (sulfide) groups is 1. The summed E-state index contributed by atoms with van der Waals surface area (Å²) in [6.07, 6.45) is 0. The zero-order chi connectivity index (χ0) is 20.5. The van der Waals surface area contributed by atoms with Crippen LogP contribution in [-0.4, -0.2) is 29.7 Å². The van der Waals surface area contributed by atoms with Crippen LogP contribution in [0.4, 0.5) is 10.8 Å². The molecule has 1 aromatic heterocycles. The molecule has 0 bridgehead atoms. The first-order chi connectivity index (χ1) is 13.2. The number of amidine groups is 1. The minimum absolute atomic E-state index is 0.0430. The van der Waals surface area contributed by atoms with Crippen LogP contribution in [0.5, 0.6) is 5.75 Å². The molecule has 28 heavy (non-hydrogen) atoms. The molecule has 1 aliphatic rings. The average Bonchev–Trinajstić information content (AvgIpc) is 3.20. The molecule has 9 heteroatoms. The molecule has 1 amide bonds. The van der Waals surface area contributed by atoms with Crippen LogP contribution < -0.4 is 15.4 Å². The molecule has 150 valence electrons. The molecule has 0 saturated heterocycles. The van der Waals surface area contributed by atoms with Gasteiger partial charge in [0, 0.05) is 15.3 Å². The van der Waals surface area contributed by atoms with Crippen LogP contribution in [0.15, 0.2) is 23.2 Å². The molecule has 0 spiro atoms. The summed E-state index contributed by atoms with van der Waals surface area (Å²) < 4.78 is 5.38. The van der Waals surface area contributed by atoms with Crippen LogP contribution in [0.3, 0.4) is 0 Å². The number of methoxy groups -OCH3 is 1. The third-order valence-electron chi connectivity index (χ3n) is 4.08. The van der Waals surface area contributed by atoms with Crippen molar-refractivity contribution in [2.24, 2.45) is 10.4 Å². The molecule has 2 N–H and O–H groups in total. The number of thiazole rings is 1. The van der Waals surface area contributed by atoms with E-state index >= 15 is 0 Å². The van der Waals surface area contributed by atoms with Crippen LogP contribution >= 0.6 is 34.7 Å². The molecule has 0 fully saturated rings. The van der Waals surface area contributed by atoms with Crippen molar-refractivity contribution >= 4 is 56.6 Å². The topological polar surface area (TPSA) is 75.6 Å². The van der Waals surface area contributed by atoms with Gasteiger partial charge < -0.3 is 15.4 Å². The number of amides is 1. The molecule has 1 atom stereocenters. The quantitative estimate of drug-likeness (QED) is 0.672. The highest BCUT2D eigenvalue weighted by molar-refractivity contribution is 8.14. The normalized spacial score (nSPS) is 16.6. The van der Waals surface area contributed by atoms with E-state index in [0.29, 0.717) is 22.4 Å². The number of hydrogen-bond donors (Lipinski definition) is 2. The Bertz CT molecular complexity index is 921. The number of nitrogens with one attached hydrogen (secondary N) is 2. The van der Waals surface area contributed by atoms with Gasteiger partial charge in [-0.1, -0.05) is 44.1 Å². The summed E-state index contributed by atoms with van der Waals surface area (Å²) in [5.41, 5.74) is 1.24. The summed E-state index contributed by atoms with van der Waals surface area (Å²) in [4.78, 5) is 22.5. The number of aryl methyl sites for hydroxylation is 1. The van der Waals surface area contributed by atoms with Gasteiger partial charge in [0.15, 0.2) is 10.3 Å². The third-order valence-corrected chi connectivity index (χ3v) is 6.78. The highest BCUT2D eigenvalue weighted by Crippen LogP contribution is 2.42. The number of nitrogens with zero attached hydrogens (tertiary/aromatic N) is 2. The number of halogens is 1. The third kappa shape index (κ3) is 4.79. The van der Waals surface area contributed by atoms with Gasteiger partial charge in [-0.05, 0) is 25.1 Å². The van der Waals surface area contributed by atoms with E-state index < -0.39 is 5.41 Å². The SMILES string of the molecule is COc1ccc(Cl)cc1NC1=NCC(c2sc(NC(=O)C(C)(C)C)nc2C)S1. The van der Waals surface area contributed by atoms with Crippen LogP contribution in [0.2, 0.25) is 5.02 Å². The van der Waals surface area contributed by atoms with E-state index in [1.165, 1.54) is 11.3 Å². The molecule has 6 nitrogen and oxygen atoms in total. The van der Waals surface area contributed by atoms with Crippen LogP contribution in [0.25, 0.3) is 0 Å². The number of carbonyl (C=O) groups excluding carboxylic acids is 1. The molecule has 0 radical (unpaired) electrons. The lowest BCUT2D eigenvalue weighted by Crippen LogP contribution is -2.27. The number of aliphatic imine (C=N–C) groups is 1. The van der Waals surface area contributed by atoms with Gasteiger partial charge in [0.1, 0.15) is 5.75 Å². The molecule has 0 saturated carbocycles. The number of carbonyl (C=O) groups is 1. The second kappa shape index (κ2) is 8.31. The van der Waals surface area contributed by atoms with Gasteiger partial charge in [-0.25, -0.2) is 4.98 Å². The Hall–Kier alpha value is -1.77. The van der Waals surface area contributed by atoms with Crippen LogP contribution in [-0.2, 0) is 4.79 Å². The fraction of sp³-hybridized carbons (Fsp3) is 0.421. The number of aromatic nitrogens is 1. The largest absolute Gasteiger partial charge is 0.495 e. The summed E-state index contributed by atoms with van der Waals surface area (Å²) in [5.74, 6) is 0.663. The average molecular weight is 439 g/mol. The summed E-state index contributed by atoms with van der Waals surface area (Å²) in [5, 5.41) is 8.43. The molecule has 3 rings (SSSR count). The van der Waals surface area contributed by atoms with E-state index in [4.69, 9.17) is 16.3 Å². The van der Waals surface area contributed by atoms with Gasteiger partial charge in [-0.3, -0.25) is 9.79 Å². The van der Waals surface area contributed by atoms with Gasteiger partial charge in [-0.2, -0.15) is 0 Å². The first kappa shape index (κ1) is 21.0. The van der Waals surface area contributed by atoms with E-state index in [9.17, 15) is 4.79 Å².